The van der Waals surface area contributed by atoms with Crippen LogP contribution < -0.4 is 5.73 Å². The molecule has 3 rings (SSSR count). The summed E-state index contributed by atoms with van der Waals surface area (Å²) < 4.78 is 11.3. The van der Waals surface area contributed by atoms with Crippen molar-refractivity contribution in [3.8, 4) is 22.6 Å². The lowest BCUT2D eigenvalue weighted by Gasteiger charge is -2.02. The first-order valence-electron chi connectivity index (χ1n) is 5.73. The van der Waals surface area contributed by atoms with Crippen molar-refractivity contribution in [2.24, 2.45) is 0 Å². The molecule has 0 saturated heterocycles. The molecule has 1 aromatic carbocycles. The standard InChI is InChI=1S/C14H11BrN2O2/c1-8-3-2-4-9(7-8)12-13(17-19-14(12)16)10-5-6-11(15)18-10/h2-7H,16H2,1H3. The molecule has 2 heterocycles. The summed E-state index contributed by atoms with van der Waals surface area (Å²) in [6.07, 6.45) is 0. The number of furan rings is 1. The van der Waals surface area contributed by atoms with Crippen molar-refractivity contribution >= 4 is 21.8 Å². The Balaban J connectivity index is 2.19. The van der Waals surface area contributed by atoms with Crippen molar-refractivity contribution in [1.29, 1.82) is 0 Å². The van der Waals surface area contributed by atoms with Gasteiger partial charge in [-0.1, -0.05) is 35.0 Å². The van der Waals surface area contributed by atoms with Gasteiger partial charge in [-0.15, -0.1) is 0 Å². The molecule has 0 bridgehead atoms. The second kappa shape index (κ2) is 4.59. The Hall–Kier alpha value is -2.01. The number of hydrogen-bond acceptors (Lipinski definition) is 4. The zero-order chi connectivity index (χ0) is 13.4. The summed E-state index contributed by atoms with van der Waals surface area (Å²) >= 11 is 3.27. The highest BCUT2D eigenvalue weighted by atomic mass is 79.9. The second-order valence-electron chi connectivity index (χ2n) is 4.24. The summed E-state index contributed by atoms with van der Waals surface area (Å²) in [6, 6.07) is 11.6. The number of nitrogens with two attached hydrogens (primary N) is 1. The molecule has 0 aliphatic carbocycles. The van der Waals surface area contributed by atoms with E-state index in [4.69, 9.17) is 14.7 Å². The molecule has 0 aliphatic heterocycles. The van der Waals surface area contributed by atoms with Crippen LogP contribution in [0.1, 0.15) is 5.56 Å². The maximum Gasteiger partial charge on any atom is 0.230 e. The molecule has 0 amide bonds. The molecule has 3 aromatic rings. The Morgan fingerprint density at radius 3 is 2.74 bits per heavy atom. The van der Waals surface area contributed by atoms with Crippen molar-refractivity contribution in [2.75, 3.05) is 5.73 Å². The molecule has 0 saturated carbocycles. The third kappa shape index (κ3) is 2.17. The third-order valence-electron chi connectivity index (χ3n) is 2.83. The molecule has 2 N–H and O–H groups in total. The Morgan fingerprint density at radius 2 is 2.05 bits per heavy atom. The van der Waals surface area contributed by atoms with E-state index in [2.05, 4.69) is 21.1 Å². The lowest BCUT2D eigenvalue weighted by molar-refractivity contribution is 0.435. The quantitative estimate of drug-likeness (QED) is 0.766. The van der Waals surface area contributed by atoms with Crippen molar-refractivity contribution < 1.29 is 8.94 Å². The first kappa shape index (κ1) is 12.0. The highest BCUT2D eigenvalue weighted by Crippen LogP contribution is 2.37. The van der Waals surface area contributed by atoms with Crippen LogP contribution in [-0.2, 0) is 0 Å². The number of rotatable bonds is 2. The Labute approximate surface area is 118 Å². The number of aromatic nitrogens is 1. The number of hydrogen-bond donors (Lipinski definition) is 1. The second-order valence-corrected chi connectivity index (χ2v) is 5.03. The van der Waals surface area contributed by atoms with Crippen LogP contribution in [0.3, 0.4) is 0 Å². The predicted molar refractivity (Wildman–Crippen MR) is 76.5 cm³/mol. The largest absolute Gasteiger partial charge is 0.448 e. The number of nitrogens with zero attached hydrogens (tertiary/aromatic N) is 1. The van der Waals surface area contributed by atoms with Crippen LogP contribution in [-0.4, -0.2) is 5.16 Å². The summed E-state index contributed by atoms with van der Waals surface area (Å²) in [5.41, 5.74) is 9.35. The molecule has 0 spiro atoms. The first-order valence-corrected chi connectivity index (χ1v) is 6.52. The smallest absolute Gasteiger partial charge is 0.230 e. The fourth-order valence-corrected chi connectivity index (χ4v) is 2.30. The topological polar surface area (TPSA) is 65.2 Å². The van der Waals surface area contributed by atoms with Crippen LogP contribution in [0.25, 0.3) is 22.6 Å². The van der Waals surface area contributed by atoms with Gasteiger partial charge in [-0.3, -0.25) is 0 Å². The molecule has 2 aromatic heterocycles. The zero-order valence-electron chi connectivity index (χ0n) is 10.2. The van der Waals surface area contributed by atoms with Gasteiger partial charge in [0.15, 0.2) is 16.1 Å². The summed E-state index contributed by atoms with van der Waals surface area (Å²) in [5, 5.41) is 3.99. The van der Waals surface area contributed by atoms with E-state index >= 15 is 0 Å². The third-order valence-corrected chi connectivity index (χ3v) is 3.26. The molecular formula is C14H11BrN2O2. The van der Waals surface area contributed by atoms with Gasteiger partial charge in [0.1, 0.15) is 0 Å². The summed E-state index contributed by atoms with van der Waals surface area (Å²) in [7, 11) is 0. The van der Waals surface area contributed by atoms with Crippen LogP contribution in [0, 0.1) is 6.92 Å². The molecule has 19 heavy (non-hydrogen) atoms. The van der Waals surface area contributed by atoms with Gasteiger partial charge in [0, 0.05) is 0 Å². The average Bonchev–Trinajstić information content (AvgIpc) is 2.95. The van der Waals surface area contributed by atoms with Gasteiger partial charge in [-0.05, 0) is 40.5 Å². The van der Waals surface area contributed by atoms with Crippen molar-refractivity contribution in [3.63, 3.8) is 0 Å². The van der Waals surface area contributed by atoms with Crippen LogP contribution in [0.5, 0.6) is 0 Å². The maximum atomic E-state index is 5.89. The van der Waals surface area contributed by atoms with E-state index in [0.29, 0.717) is 16.1 Å². The minimum atomic E-state index is 0.285. The van der Waals surface area contributed by atoms with E-state index in [1.807, 2.05) is 37.3 Å². The van der Waals surface area contributed by atoms with Gasteiger partial charge in [0.25, 0.3) is 0 Å². The highest BCUT2D eigenvalue weighted by molar-refractivity contribution is 9.10. The van der Waals surface area contributed by atoms with Crippen LogP contribution >= 0.6 is 15.9 Å². The van der Waals surface area contributed by atoms with Gasteiger partial charge in [-0.2, -0.15) is 0 Å². The Morgan fingerprint density at radius 1 is 1.21 bits per heavy atom. The van der Waals surface area contributed by atoms with Crippen molar-refractivity contribution in [2.45, 2.75) is 6.92 Å². The molecular weight excluding hydrogens is 308 g/mol. The molecule has 0 radical (unpaired) electrons. The number of anilines is 1. The summed E-state index contributed by atoms with van der Waals surface area (Å²) in [4.78, 5) is 0. The number of halogens is 1. The summed E-state index contributed by atoms with van der Waals surface area (Å²) in [6.45, 7) is 2.02. The lowest BCUT2D eigenvalue weighted by Crippen LogP contribution is -1.87. The average molecular weight is 319 g/mol. The van der Waals surface area contributed by atoms with E-state index in [-0.39, 0.29) is 5.88 Å². The van der Waals surface area contributed by atoms with E-state index in [0.717, 1.165) is 16.7 Å². The van der Waals surface area contributed by atoms with Gasteiger partial charge in [-0.25, -0.2) is 0 Å². The van der Waals surface area contributed by atoms with Crippen molar-refractivity contribution in [3.05, 3.63) is 46.6 Å². The Kier molecular flexibility index (Phi) is 2.91. The van der Waals surface area contributed by atoms with Gasteiger partial charge in [0.2, 0.25) is 5.88 Å². The van der Waals surface area contributed by atoms with E-state index in [9.17, 15) is 0 Å². The molecule has 0 unspecified atom stereocenters. The highest BCUT2D eigenvalue weighted by Gasteiger charge is 2.19. The fraction of sp³-hybridized carbons (Fsp3) is 0.0714. The predicted octanol–water partition coefficient (Wildman–Crippen LogP) is 4.25. The minimum absolute atomic E-state index is 0.285. The molecule has 96 valence electrons. The molecule has 0 aliphatic rings. The Bertz CT molecular complexity index is 731. The van der Waals surface area contributed by atoms with E-state index in [1.54, 1.807) is 6.07 Å². The molecule has 0 fully saturated rings. The molecule has 4 nitrogen and oxygen atoms in total. The monoisotopic (exact) mass is 318 g/mol. The van der Waals surface area contributed by atoms with Gasteiger partial charge >= 0.3 is 0 Å². The van der Waals surface area contributed by atoms with Crippen LogP contribution in [0.2, 0.25) is 0 Å². The SMILES string of the molecule is Cc1cccc(-c2c(-c3ccc(Br)o3)noc2N)c1. The van der Waals surface area contributed by atoms with Crippen LogP contribution in [0.4, 0.5) is 5.88 Å². The minimum Gasteiger partial charge on any atom is -0.448 e. The van der Waals surface area contributed by atoms with E-state index in [1.165, 1.54) is 0 Å². The maximum absolute atomic E-state index is 5.89. The number of nitrogen functional groups attached to an aromatic ring is 1. The van der Waals surface area contributed by atoms with Crippen molar-refractivity contribution in [1.82, 2.24) is 5.16 Å². The normalized spacial score (nSPS) is 10.8. The first-order chi connectivity index (χ1) is 9.15. The zero-order valence-corrected chi connectivity index (χ0v) is 11.8. The van der Waals surface area contributed by atoms with Gasteiger partial charge < -0.3 is 14.7 Å². The van der Waals surface area contributed by atoms with Crippen LogP contribution in [0.15, 0.2) is 50.0 Å². The number of aryl methyl sites for hydroxylation is 1. The lowest BCUT2D eigenvalue weighted by atomic mass is 10.0. The van der Waals surface area contributed by atoms with E-state index < -0.39 is 0 Å². The molecule has 5 heteroatoms. The summed E-state index contributed by atoms with van der Waals surface area (Å²) in [5.74, 6) is 0.900. The van der Waals surface area contributed by atoms with Gasteiger partial charge in [0.05, 0.1) is 5.56 Å². The molecule has 0 atom stereocenters. The number of benzene rings is 1. The fourth-order valence-electron chi connectivity index (χ4n) is 1.99.